The van der Waals surface area contributed by atoms with Crippen molar-refractivity contribution in [1.82, 2.24) is 9.97 Å². The number of benzene rings is 1. The molecule has 1 aliphatic heterocycles. The van der Waals surface area contributed by atoms with Crippen LogP contribution in [0.2, 0.25) is 0 Å². The van der Waals surface area contributed by atoms with Crippen LogP contribution in [-0.2, 0) is 4.74 Å². The summed E-state index contributed by atoms with van der Waals surface area (Å²) in [5, 5.41) is 0. The van der Waals surface area contributed by atoms with Gasteiger partial charge in [0.2, 0.25) is 0 Å². The van der Waals surface area contributed by atoms with E-state index < -0.39 is 0 Å². The quantitative estimate of drug-likeness (QED) is 0.787. The number of fused-ring (bicyclic) bond motifs is 1. The summed E-state index contributed by atoms with van der Waals surface area (Å²) in [7, 11) is 2.05. The van der Waals surface area contributed by atoms with Crippen molar-refractivity contribution in [3.63, 3.8) is 0 Å². The number of ether oxygens (including phenoxy) is 1. The molecule has 1 fully saturated rings. The summed E-state index contributed by atoms with van der Waals surface area (Å²) in [5.74, 6) is 0.916. The van der Waals surface area contributed by atoms with E-state index in [-0.39, 0.29) is 0 Å². The molecule has 0 aliphatic carbocycles. The highest BCUT2D eigenvalue weighted by Crippen LogP contribution is 2.19. The Labute approximate surface area is 100 Å². The van der Waals surface area contributed by atoms with E-state index >= 15 is 0 Å². The second-order valence-electron chi connectivity index (χ2n) is 4.35. The minimum absolute atomic E-state index is 0.422. The molecule has 4 nitrogen and oxygen atoms in total. The highest BCUT2D eigenvalue weighted by Gasteiger charge is 2.21. The van der Waals surface area contributed by atoms with E-state index in [0.717, 1.165) is 36.5 Å². The molecule has 1 aromatic heterocycles. The first kappa shape index (κ1) is 10.5. The van der Waals surface area contributed by atoms with Gasteiger partial charge in [0.15, 0.2) is 0 Å². The molecule has 0 radical (unpaired) electrons. The third-order valence-corrected chi connectivity index (χ3v) is 3.25. The van der Waals surface area contributed by atoms with Crippen LogP contribution >= 0.6 is 0 Å². The minimum Gasteiger partial charge on any atom is -0.379 e. The molecule has 1 saturated heterocycles. The third-order valence-electron chi connectivity index (χ3n) is 3.25. The summed E-state index contributed by atoms with van der Waals surface area (Å²) in [6.45, 7) is 1.63. The number of likely N-dealkylation sites (N-methyl/N-ethyl adjacent to an activating group) is 1. The predicted octanol–water partition coefficient (Wildman–Crippen LogP) is 1.85. The van der Waals surface area contributed by atoms with E-state index in [0.29, 0.717) is 6.04 Å². The third kappa shape index (κ3) is 1.96. The Morgan fingerprint density at radius 1 is 1.29 bits per heavy atom. The average molecular weight is 229 g/mol. The van der Waals surface area contributed by atoms with Gasteiger partial charge in [0, 0.05) is 13.7 Å². The van der Waals surface area contributed by atoms with Crippen molar-refractivity contribution in [2.24, 2.45) is 0 Å². The molecule has 0 spiro atoms. The molecule has 1 aromatic carbocycles. The van der Waals surface area contributed by atoms with E-state index in [9.17, 15) is 0 Å². The van der Waals surface area contributed by atoms with Crippen molar-refractivity contribution < 1.29 is 4.74 Å². The van der Waals surface area contributed by atoms with E-state index in [1.807, 2.05) is 30.5 Å². The number of anilines is 1. The van der Waals surface area contributed by atoms with Gasteiger partial charge in [0.1, 0.15) is 5.82 Å². The molecule has 3 rings (SSSR count). The van der Waals surface area contributed by atoms with Crippen LogP contribution in [0.1, 0.15) is 6.42 Å². The van der Waals surface area contributed by atoms with Crippen LogP contribution in [0.25, 0.3) is 11.0 Å². The fourth-order valence-corrected chi connectivity index (χ4v) is 2.13. The first-order valence-electron chi connectivity index (χ1n) is 5.87. The van der Waals surface area contributed by atoms with E-state index in [4.69, 9.17) is 4.74 Å². The number of para-hydroxylation sites is 2. The molecule has 0 N–H and O–H groups in total. The van der Waals surface area contributed by atoms with Gasteiger partial charge in [-0.25, -0.2) is 4.98 Å². The van der Waals surface area contributed by atoms with E-state index in [2.05, 4.69) is 21.9 Å². The zero-order chi connectivity index (χ0) is 11.7. The zero-order valence-electron chi connectivity index (χ0n) is 9.84. The van der Waals surface area contributed by atoms with Crippen molar-refractivity contribution in [3.8, 4) is 0 Å². The lowest BCUT2D eigenvalue weighted by Crippen LogP contribution is -2.32. The zero-order valence-corrected chi connectivity index (χ0v) is 9.84. The second kappa shape index (κ2) is 4.30. The maximum absolute atomic E-state index is 5.40. The van der Waals surface area contributed by atoms with Crippen LogP contribution in [0.4, 0.5) is 5.82 Å². The van der Waals surface area contributed by atoms with Crippen LogP contribution in [-0.4, -0.2) is 36.3 Å². The average Bonchev–Trinajstić information content (AvgIpc) is 2.91. The van der Waals surface area contributed by atoms with Crippen molar-refractivity contribution >= 4 is 16.9 Å². The second-order valence-corrected chi connectivity index (χ2v) is 4.35. The van der Waals surface area contributed by atoms with Crippen LogP contribution < -0.4 is 4.90 Å². The normalized spacial score (nSPS) is 19.7. The lowest BCUT2D eigenvalue weighted by atomic mass is 10.2. The molecule has 88 valence electrons. The van der Waals surface area contributed by atoms with Crippen LogP contribution in [0.3, 0.4) is 0 Å². The van der Waals surface area contributed by atoms with Gasteiger partial charge in [0.05, 0.1) is 29.9 Å². The molecule has 0 amide bonds. The lowest BCUT2D eigenvalue weighted by Gasteiger charge is -2.23. The molecule has 0 saturated carbocycles. The fraction of sp³-hybridized carbons (Fsp3) is 0.385. The Balaban J connectivity index is 1.94. The molecule has 1 unspecified atom stereocenters. The molecule has 17 heavy (non-hydrogen) atoms. The van der Waals surface area contributed by atoms with Crippen LogP contribution in [0.15, 0.2) is 30.5 Å². The number of aromatic nitrogens is 2. The molecule has 0 bridgehead atoms. The maximum atomic E-state index is 5.40. The van der Waals surface area contributed by atoms with E-state index in [1.54, 1.807) is 0 Å². The summed E-state index contributed by atoms with van der Waals surface area (Å²) in [6, 6.07) is 8.35. The SMILES string of the molecule is CN(c1cnc2ccccc2n1)C1CCOC1. The highest BCUT2D eigenvalue weighted by atomic mass is 16.5. The summed E-state index contributed by atoms with van der Waals surface area (Å²) < 4.78 is 5.40. The summed E-state index contributed by atoms with van der Waals surface area (Å²) in [6.07, 6.45) is 2.89. The molecule has 2 aromatic rings. The Hall–Kier alpha value is -1.68. The van der Waals surface area contributed by atoms with Gasteiger partial charge < -0.3 is 9.64 Å². The smallest absolute Gasteiger partial charge is 0.147 e. The predicted molar refractivity (Wildman–Crippen MR) is 67.2 cm³/mol. The molecular formula is C13H15N3O. The largest absolute Gasteiger partial charge is 0.379 e. The van der Waals surface area contributed by atoms with Gasteiger partial charge >= 0.3 is 0 Å². The van der Waals surface area contributed by atoms with Gasteiger partial charge in [-0.2, -0.15) is 0 Å². The molecule has 2 heterocycles. The Morgan fingerprint density at radius 3 is 2.88 bits per heavy atom. The standard InChI is InChI=1S/C13H15N3O/c1-16(10-6-7-17-9-10)13-8-14-11-4-2-3-5-12(11)15-13/h2-5,8,10H,6-7,9H2,1H3. The van der Waals surface area contributed by atoms with Gasteiger partial charge in [-0.15, -0.1) is 0 Å². The maximum Gasteiger partial charge on any atom is 0.147 e. The summed E-state index contributed by atoms with van der Waals surface area (Å²) >= 11 is 0. The number of hydrogen-bond donors (Lipinski definition) is 0. The van der Waals surface area contributed by atoms with Crippen molar-refractivity contribution in [2.75, 3.05) is 25.2 Å². The number of nitrogens with zero attached hydrogens (tertiary/aromatic N) is 3. The number of hydrogen-bond acceptors (Lipinski definition) is 4. The molecular weight excluding hydrogens is 214 g/mol. The van der Waals surface area contributed by atoms with Crippen LogP contribution in [0.5, 0.6) is 0 Å². The van der Waals surface area contributed by atoms with Gasteiger partial charge in [-0.1, -0.05) is 12.1 Å². The van der Waals surface area contributed by atoms with Crippen molar-refractivity contribution in [1.29, 1.82) is 0 Å². The van der Waals surface area contributed by atoms with Crippen LogP contribution in [0, 0.1) is 0 Å². The van der Waals surface area contributed by atoms with Crippen molar-refractivity contribution in [3.05, 3.63) is 30.5 Å². The van der Waals surface area contributed by atoms with Gasteiger partial charge in [0.25, 0.3) is 0 Å². The topological polar surface area (TPSA) is 38.2 Å². The Morgan fingerprint density at radius 2 is 2.12 bits per heavy atom. The Bertz CT molecular complexity index is 523. The van der Waals surface area contributed by atoms with Gasteiger partial charge in [-0.3, -0.25) is 4.98 Å². The minimum atomic E-state index is 0.422. The monoisotopic (exact) mass is 229 g/mol. The first-order chi connectivity index (χ1) is 8.34. The Kier molecular flexibility index (Phi) is 2.65. The molecule has 1 atom stereocenters. The highest BCUT2D eigenvalue weighted by molar-refractivity contribution is 5.75. The van der Waals surface area contributed by atoms with Gasteiger partial charge in [-0.05, 0) is 18.6 Å². The molecule has 4 heteroatoms. The fourth-order valence-electron chi connectivity index (χ4n) is 2.13. The number of rotatable bonds is 2. The first-order valence-corrected chi connectivity index (χ1v) is 5.87. The van der Waals surface area contributed by atoms with Crippen molar-refractivity contribution in [2.45, 2.75) is 12.5 Å². The molecule has 1 aliphatic rings. The summed E-state index contributed by atoms with van der Waals surface area (Å²) in [5.41, 5.74) is 1.88. The van der Waals surface area contributed by atoms with E-state index in [1.165, 1.54) is 0 Å². The lowest BCUT2D eigenvalue weighted by molar-refractivity contribution is 0.193. The summed E-state index contributed by atoms with van der Waals surface area (Å²) in [4.78, 5) is 11.2.